The maximum Gasteiger partial charge on any atom is 0.437 e. The quantitative estimate of drug-likeness (QED) is 0.369. The number of aromatic hydroxyl groups is 1. The highest BCUT2D eigenvalue weighted by Gasteiger charge is 2.20. The van der Waals surface area contributed by atoms with Crippen molar-refractivity contribution in [3.63, 3.8) is 0 Å². The first-order valence-electron chi connectivity index (χ1n) is 8.49. The molecule has 12 nitrogen and oxygen atoms in total. The van der Waals surface area contributed by atoms with Crippen LogP contribution in [0.2, 0.25) is 0 Å². The Balaban J connectivity index is 2.55. The fourth-order valence-electron chi connectivity index (χ4n) is 1.82. The molecule has 3 N–H and O–H groups in total. The molecule has 1 aromatic carbocycles. The molecule has 0 aliphatic rings. The van der Waals surface area contributed by atoms with Crippen LogP contribution in [-0.4, -0.2) is 71.0 Å². The van der Waals surface area contributed by atoms with E-state index in [1.165, 1.54) is 41.5 Å². The number of hydroxylamine groups is 1. The van der Waals surface area contributed by atoms with Crippen LogP contribution in [0.1, 0.15) is 31.1 Å². The van der Waals surface area contributed by atoms with Crippen molar-refractivity contribution in [2.75, 3.05) is 27.2 Å². The molecule has 3 amide bonds. The first-order chi connectivity index (χ1) is 13.4. The van der Waals surface area contributed by atoms with Gasteiger partial charge in [0.1, 0.15) is 11.4 Å². The summed E-state index contributed by atoms with van der Waals surface area (Å²) in [6.45, 7) is 5.61. The lowest BCUT2D eigenvalue weighted by atomic mass is 10.1. The summed E-state index contributed by atoms with van der Waals surface area (Å²) >= 11 is 0. The standard InChI is InChI=1S/C17H25N5O7/c1-17(2,3)28-15(25)21(4)8-9-22(5)16(26)29-20-18-11-6-7-13(23)12(10-11)14(24)19-27/h6-7,10,23,27H,8-9H2,1-5H3,(H,19,24)/b20-18+. The van der Waals surface area contributed by atoms with Crippen LogP contribution >= 0.6 is 0 Å². The highest BCUT2D eigenvalue weighted by atomic mass is 16.7. The van der Waals surface area contributed by atoms with Gasteiger partial charge in [-0.2, -0.15) is 0 Å². The van der Waals surface area contributed by atoms with E-state index in [4.69, 9.17) is 9.94 Å². The fourth-order valence-corrected chi connectivity index (χ4v) is 1.82. The number of hydrogen-bond acceptors (Lipinski definition) is 9. The van der Waals surface area contributed by atoms with E-state index in [2.05, 4.69) is 15.2 Å². The van der Waals surface area contributed by atoms with Gasteiger partial charge < -0.3 is 19.6 Å². The number of phenols is 1. The van der Waals surface area contributed by atoms with Gasteiger partial charge in [-0.3, -0.25) is 14.8 Å². The molecule has 160 valence electrons. The molecule has 12 heteroatoms. The number of nitrogens with one attached hydrogen (secondary N) is 1. The van der Waals surface area contributed by atoms with Gasteiger partial charge in [0, 0.05) is 32.5 Å². The minimum absolute atomic E-state index is 0.0986. The van der Waals surface area contributed by atoms with Crippen LogP contribution in [-0.2, 0) is 9.57 Å². The van der Waals surface area contributed by atoms with E-state index in [1.807, 2.05) is 0 Å². The van der Waals surface area contributed by atoms with Crippen LogP contribution in [0.15, 0.2) is 28.6 Å². The van der Waals surface area contributed by atoms with Crippen molar-refractivity contribution in [3.05, 3.63) is 23.8 Å². The molecular formula is C17H25N5O7. The van der Waals surface area contributed by atoms with Gasteiger partial charge in [0.05, 0.1) is 11.3 Å². The van der Waals surface area contributed by atoms with Crippen molar-refractivity contribution in [2.24, 2.45) is 10.4 Å². The minimum Gasteiger partial charge on any atom is -0.507 e. The van der Waals surface area contributed by atoms with Crippen molar-refractivity contribution in [1.29, 1.82) is 0 Å². The first-order valence-corrected chi connectivity index (χ1v) is 8.49. The molecule has 0 saturated heterocycles. The van der Waals surface area contributed by atoms with E-state index in [9.17, 15) is 19.5 Å². The SMILES string of the molecule is CN(CCN(C)C(=O)OC(C)(C)C)C(=O)O/N=N/c1ccc(O)c(C(=O)NO)c1. The fraction of sp³-hybridized carbons (Fsp3) is 0.471. The average molecular weight is 411 g/mol. The van der Waals surface area contributed by atoms with E-state index in [0.717, 1.165) is 6.07 Å². The molecule has 0 saturated carbocycles. The number of likely N-dealkylation sites (N-methyl/N-ethyl adjacent to an activating group) is 2. The molecule has 1 aromatic rings. The molecule has 0 aliphatic heterocycles. The van der Waals surface area contributed by atoms with Crippen molar-refractivity contribution >= 4 is 23.8 Å². The van der Waals surface area contributed by atoms with Crippen LogP contribution in [0, 0.1) is 0 Å². The number of hydrogen-bond donors (Lipinski definition) is 3. The number of ether oxygens (including phenoxy) is 1. The monoisotopic (exact) mass is 411 g/mol. The Kier molecular flexibility index (Phi) is 8.33. The zero-order chi connectivity index (χ0) is 22.2. The number of phenolic OH excluding ortho intramolecular Hbond substituents is 1. The molecule has 0 bridgehead atoms. The number of amides is 3. The predicted octanol–water partition coefficient (Wildman–Crippen LogP) is 2.45. The van der Waals surface area contributed by atoms with Crippen LogP contribution in [0.5, 0.6) is 5.75 Å². The minimum atomic E-state index is -0.939. The van der Waals surface area contributed by atoms with Crippen LogP contribution in [0.25, 0.3) is 0 Å². The van der Waals surface area contributed by atoms with E-state index < -0.39 is 23.7 Å². The Hall–Kier alpha value is -3.41. The zero-order valence-electron chi connectivity index (χ0n) is 16.9. The Morgan fingerprint density at radius 2 is 1.69 bits per heavy atom. The summed E-state index contributed by atoms with van der Waals surface area (Å²) < 4.78 is 5.21. The van der Waals surface area contributed by atoms with Gasteiger partial charge in [0.25, 0.3) is 5.91 Å². The molecule has 0 atom stereocenters. The Morgan fingerprint density at radius 3 is 2.24 bits per heavy atom. The van der Waals surface area contributed by atoms with Gasteiger partial charge in [0.15, 0.2) is 0 Å². The van der Waals surface area contributed by atoms with Gasteiger partial charge in [-0.25, -0.2) is 15.1 Å². The third-order valence-electron chi connectivity index (χ3n) is 3.39. The predicted molar refractivity (Wildman–Crippen MR) is 99.9 cm³/mol. The van der Waals surface area contributed by atoms with Gasteiger partial charge in [-0.15, -0.1) is 5.11 Å². The molecule has 0 spiro atoms. The number of rotatable bonds is 6. The summed E-state index contributed by atoms with van der Waals surface area (Å²) in [5.74, 6) is -1.31. The first kappa shape index (κ1) is 23.6. The summed E-state index contributed by atoms with van der Waals surface area (Å²) in [6.07, 6.45) is -1.34. The van der Waals surface area contributed by atoms with Crippen molar-refractivity contribution < 1.29 is 34.3 Å². The van der Waals surface area contributed by atoms with E-state index in [-0.39, 0.29) is 30.1 Å². The lowest BCUT2D eigenvalue weighted by Crippen LogP contribution is -2.39. The summed E-state index contributed by atoms with van der Waals surface area (Å²) in [6, 6.07) is 3.62. The number of nitrogens with zero attached hydrogens (tertiary/aromatic N) is 4. The molecule has 0 heterocycles. The molecule has 1 rings (SSSR count). The van der Waals surface area contributed by atoms with Crippen molar-refractivity contribution in [1.82, 2.24) is 15.3 Å². The second-order valence-electron chi connectivity index (χ2n) is 7.00. The second kappa shape index (κ2) is 10.2. The topological polar surface area (TPSA) is 153 Å². The van der Waals surface area contributed by atoms with Crippen molar-refractivity contribution in [3.8, 4) is 5.75 Å². The van der Waals surface area contributed by atoms with Crippen LogP contribution < -0.4 is 5.48 Å². The Bertz CT molecular complexity index is 776. The number of carbonyl (C=O) groups excluding carboxylic acids is 3. The van der Waals surface area contributed by atoms with E-state index in [0.29, 0.717) is 0 Å². The van der Waals surface area contributed by atoms with Crippen molar-refractivity contribution in [2.45, 2.75) is 26.4 Å². The maximum atomic E-state index is 11.9. The van der Waals surface area contributed by atoms with Gasteiger partial charge in [-0.05, 0) is 39.0 Å². The second-order valence-corrected chi connectivity index (χ2v) is 7.00. The highest BCUT2D eigenvalue weighted by molar-refractivity contribution is 5.96. The maximum absolute atomic E-state index is 11.9. The molecule has 0 unspecified atom stereocenters. The zero-order valence-corrected chi connectivity index (χ0v) is 16.9. The van der Waals surface area contributed by atoms with Gasteiger partial charge >= 0.3 is 12.2 Å². The molecule has 0 fully saturated rings. The number of carbonyl (C=O) groups is 3. The highest BCUT2D eigenvalue weighted by Crippen LogP contribution is 2.23. The summed E-state index contributed by atoms with van der Waals surface area (Å²) in [5, 5.41) is 25.1. The average Bonchev–Trinajstić information content (AvgIpc) is 2.64. The lowest BCUT2D eigenvalue weighted by Gasteiger charge is -2.25. The normalized spacial score (nSPS) is 11.1. The number of benzene rings is 1. The van der Waals surface area contributed by atoms with Gasteiger partial charge in [-0.1, -0.05) is 0 Å². The molecule has 0 aromatic heterocycles. The van der Waals surface area contributed by atoms with Gasteiger partial charge in [0.2, 0.25) is 0 Å². The largest absolute Gasteiger partial charge is 0.507 e. The summed E-state index contributed by atoms with van der Waals surface area (Å²) in [4.78, 5) is 42.3. The smallest absolute Gasteiger partial charge is 0.437 e. The third-order valence-corrected chi connectivity index (χ3v) is 3.39. The van der Waals surface area contributed by atoms with Crippen LogP contribution in [0.4, 0.5) is 15.3 Å². The van der Waals surface area contributed by atoms with E-state index >= 15 is 0 Å². The Labute approximate surface area is 167 Å². The molecule has 0 radical (unpaired) electrons. The Morgan fingerprint density at radius 1 is 1.10 bits per heavy atom. The summed E-state index contributed by atoms with van der Waals surface area (Å²) in [7, 11) is 2.99. The van der Waals surface area contributed by atoms with Crippen LogP contribution in [0.3, 0.4) is 0 Å². The molecular weight excluding hydrogens is 386 g/mol. The van der Waals surface area contributed by atoms with E-state index in [1.54, 1.807) is 20.8 Å². The third kappa shape index (κ3) is 8.01. The lowest BCUT2D eigenvalue weighted by molar-refractivity contribution is 0.0281. The molecule has 0 aliphatic carbocycles. The molecule has 29 heavy (non-hydrogen) atoms. The summed E-state index contributed by atoms with van der Waals surface area (Å²) in [5.41, 5.74) is 0.620.